The summed E-state index contributed by atoms with van der Waals surface area (Å²) < 4.78 is 1.82. The zero-order valence-corrected chi connectivity index (χ0v) is 12.5. The average Bonchev–Trinajstić information content (AvgIpc) is 2.83. The standard InChI is InChI=1S/C14H22N6/c1-10(2)12-13(15-3)17-9-18-14(12)16-6-5-11-7-19-20(4)8-11/h7-10H,5-6H2,1-4H3,(H2,15,16,17,18). The van der Waals surface area contributed by atoms with Crippen molar-refractivity contribution in [3.63, 3.8) is 0 Å². The molecule has 0 aliphatic heterocycles. The lowest BCUT2D eigenvalue weighted by Gasteiger charge is -2.16. The van der Waals surface area contributed by atoms with E-state index in [4.69, 9.17) is 0 Å². The maximum absolute atomic E-state index is 4.36. The molecular formula is C14H22N6. The van der Waals surface area contributed by atoms with Gasteiger partial charge in [-0.3, -0.25) is 4.68 Å². The normalized spacial score (nSPS) is 10.8. The fourth-order valence-corrected chi connectivity index (χ4v) is 2.21. The molecule has 0 spiro atoms. The van der Waals surface area contributed by atoms with Crippen molar-refractivity contribution >= 4 is 11.6 Å². The van der Waals surface area contributed by atoms with Crippen molar-refractivity contribution in [2.45, 2.75) is 26.2 Å². The average molecular weight is 274 g/mol. The second-order valence-corrected chi connectivity index (χ2v) is 5.09. The highest BCUT2D eigenvalue weighted by atomic mass is 15.2. The van der Waals surface area contributed by atoms with E-state index in [-0.39, 0.29) is 0 Å². The molecule has 0 aromatic carbocycles. The molecule has 0 radical (unpaired) electrons. The summed E-state index contributed by atoms with van der Waals surface area (Å²) in [7, 11) is 3.81. The first-order valence-electron chi connectivity index (χ1n) is 6.86. The van der Waals surface area contributed by atoms with Gasteiger partial charge in [-0.25, -0.2) is 9.97 Å². The fraction of sp³-hybridized carbons (Fsp3) is 0.500. The van der Waals surface area contributed by atoms with Gasteiger partial charge in [-0.2, -0.15) is 5.10 Å². The minimum absolute atomic E-state index is 0.361. The van der Waals surface area contributed by atoms with Crippen molar-refractivity contribution in [2.24, 2.45) is 7.05 Å². The zero-order chi connectivity index (χ0) is 14.5. The van der Waals surface area contributed by atoms with E-state index in [1.54, 1.807) is 6.33 Å². The molecule has 2 aromatic heterocycles. The van der Waals surface area contributed by atoms with Gasteiger partial charge in [-0.1, -0.05) is 13.8 Å². The summed E-state index contributed by atoms with van der Waals surface area (Å²) >= 11 is 0. The molecule has 0 unspecified atom stereocenters. The Kier molecular flexibility index (Phi) is 4.55. The van der Waals surface area contributed by atoms with Gasteiger partial charge in [-0.15, -0.1) is 0 Å². The van der Waals surface area contributed by atoms with Crippen molar-refractivity contribution in [3.8, 4) is 0 Å². The first-order chi connectivity index (χ1) is 9.61. The molecule has 2 rings (SSSR count). The Bertz CT molecular complexity index is 561. The fourth-order valence-electron chi connectivity index (χ4n) is 2.21. The van der Waals surface area contributed by atoms with Gasteiger partial charge in [0.1, 0.15) is 18.0 Å². The summed E-state index contributed by atoms with van der Waals surface area (Å²) in [6.07, 6.45) is 6.43. The van der Waals surface area contributed by atoms with Gasteiger partial charge in [0.2, 0.25) is 0 Å². The van der Waals surface area contributed by atoms with E-state index in [1.807, 2.05) is 31.2 Å². The van der Waals surface area contributed by atoms with E-state index >= 15 is 0 Å². The highest BCUT2D eigenvalue weighted by Crippen LogP contribution is 2.27. The van der Waals surface area contributed by atoms with Crippen LogP contribution in [-0.4, -0.2) is 33.3 Å². The van der Waals surface area contributed by atoms with E-state index in [0.717, 1.165) is 30.2 Å². The molecule has 2 aromatic rings. The van der Waals surface area contributed by atoms with Crippen LogP contribution in [0.15, 0.2) is 18.7 Å². The Morgan fingerprint density at radius 3 is 2.60 bits per heavy atom. The predicted molar refractivity (Wildman–Crippen MR) is 81.1 cm³/mol. The molecule has 20 heavy (non-hydrogen) atoms. The van der Waals surface area contributed by atoms with E-state index < -0.39 is 0 Å². The smallest absolute Gasteiger partial charge is 0.134 e. The summed E-state index contributed by atoms with van der Waals surface area (Å²) in [6.45, 7) is 5.11. The lowest BCUT2D eigenvalue weighted by Crippen LogP contribution is -2.11. The Morgan fingerprint density at radius 2 is 2.00 bits per heavy atom. The van der Waals surface area contributed by atoms with Crippen LogP contribution in [0.4, 0.5) is 11.6 Å². The zero-order valence-electron chi connectivity index (χ0n) is 12.5. The van der Waals surface area contributed by atoms with Gasteiger partial charge < -0.3 is 10.6 Å². The van der Waals surface area contributed by atoms with Crippen LogP contribution >= 0.6 is 0 Å². The van der Waals surface area contributed by atoms with E-state index in [0.29, 0.717) is 5.92 Å². The molecule has 0 aliphatic rings. The van der Waals surface area contributed by atoms with Crippen LogP contribution in [0.5, 0.6) is 0 Å². The van der Waals surface area contributed by atoms with E-state index in [2.05, 4.69) is 39.5 Å². The van der Waals surface area contributed by atoms with Gasteiger partial charge in [0.15, 0.2) is 0 Å². The summed E-state index contributed by atoms with van der Waals surface area (Å²) in [6, 6.07) is 0. The molecule has 0 aliphatic carbocycles. The Hall–Kier alpha value is -2.11. The number of hydrogen-bond acceptors (Lipinski definition) is 5. The lowest BCUT2D eigenvalue weighted by atomic mass is 10.0. The molecule has 0 saturated carbocycles. The maximum atomic E-state index is 4.36. The van der Waals surface area contributed by atoms with E-state index in [9.17, 15) is 0 Å². The quantitative estimate of drug-likeness (QED) is 0.843. The largest absolute Gasteiger partial charge is 0.373 e. The van der Waals surface area contributed by atoms with Crippen LogP contribution in [0.1, 0.15) is 30.9 Å². The molecule has 0 saturated heterocycles. The monoisotopic (exact) mass is 274 g/mol. The van der Waals surface area contributed by atoms with Crippen molar-refractivity contribution in [3.05, 3.63) is 29.8 Å². The lowest BCUT2D eigenvalue weighted by molar-refractivity contribution is 0.766. The molecule has 0 amide bonds. The molecule has 2 N–H and O–H groups in total. The van der Waals surface area contributed by atoms with Crippen LogP contribution in [0.25, 0.3) is 0 Å². The third-order valence-electron chi connectivity index (χ3n) is 3.16. The Morgan fingerprint density at radius 1 is 1.25 bits per heavy atom. The molecule has 108 valence electrons. The van der Waals surface area contributed by atoms with Crippen molar-refractivity contribution < 1.29 is 0 Å². The third kappa shape index (κ3) is 3.26. The number of hydrogen-bond donors (Lipinski definition) is 2. The molecule has 2 heterocycles. The van der Waals surface area contributed by atoms with Gasteiger partial charge in [0.05, 0.1) is 6.20 Å². The van der Waals surface area contributed by atoms with Gasteiger partial charge >= 0.3 is 0 Å². The highest BCUT2D eigenvalue weighted by Gasteiger charge is 2.13. The molecular weight excluding hydrogens is 252 g/mol. The second-order valence-electron chi connectivity index (χ2n) is 5.09. The number of aromatic nitrogens is 4. The summed E-state index contributed by atoms with van der Waals surface area (Å²) in [5.74, 6) is 2.15. The number of anilines is 2. The highest BCUT2D eigenvalue weighted by molar-refractivity contribution is 5.58. The minimum Gasteiger partial charge on any atom is -0.373 e. The number of nitrogens with zero attached hydrogens (tertiary/aromatic N) is 4. The Balaban J connectivity index is 2.05. The van der Waals surface area contributed by atoms with Gasteiger partial charge in [0.25, 0.3) is 0 Å². The Labute approximate surface area is 119 Å². The van der Waals surface area contributed by atoms with Crippen molar-refractivity contribution in [2.75, 3.05) is 24.2 Å². The first kappa shape index (κ1) is 14.3. The molecule has 0 atom stereocenters. The molecule has 6 heteroatoms. The van der Waals surface area contributed by atoms with Crippen molar-refractivity contribution in [1.82, 2.24) is 19.7 Å². The number of aryl methyl sites for hydroxylation is 1. The van der Waals surface area contributed by atoms with Crippen LogP contribution in [0, 0.1) is 0 Å². The third-order valence-corrected chi connectivity index (χ3v) is 3.16. The molecule has 0 fully saturated rings. The SMILES string of the molecule is CNc1ncnc(NCCc2cnn(C)c2)c1C(C)C. The van der Waals surface area contributed by atoms with Crippen molar-refractivity contribution in [1.29, 1.82) is 0 Å². The summed E-state index contributed by atoms with van der Waals surface area (Å²) in [5.41, 5.74) is 2.34. The van der Waals surface area contributed by atoms with Gasteiger partial charge in [-0.05, 0) is 17.9 Å². The second kappa shape index (κ2) is 6.36. The summed E-state index contributed by atoms with van der Waals surface area (Å²) in [5, 5.41) is 10.7. The van der Waals surface area contributed by atoms with Crippen LogP contribution < -0.4 is 10.6 Å². The number of nitrogens with one attached hydrogen (secondary N) is 2. The number of rotatable bonds is 6. The van der Waals surface area contributed by atoms with Crippen LogP contribution in [0.2, 0.25) is 0 Å². The van der Waals surface area contributed by atoms with Gasteiger partial charge in [0, 0.05) is 32.4 Å². The maximum Gasteiger partial charge on any atom is 0.134 e. The predicted octanol–water partition coefficient (Wildman–Crippen LogP) is 2.03. The topological polar surface area (TPSA) is 67.7 Å². The first-order valence-corrected chi connectivity index (χ1v) is 6.86. The van der Waals surface area contributed by atoms with Crippen LogP contribution in [-0.2, 0) is 13.5 Å². The summed E-state index contributed by atoms with van der Waals surface area (Å²) in [4.78, 5) is 8.63. The van der Waals surface area contributed by atoms with Crippen LogP contribution in [0.3, 0.4) is 0 Å². The molecule has 0 bridgehead atoms. The molecule has 6 nitrogen and oxygen atoms in total. The minimum atomic E-state index is 0.361. The van der Waals surface area contributed by atoms with E-state index in [1.165, 1.54) is 5.56 Å².